The van der Waals surface area contributed by atoms with Gasteiger partial charge in [0.15, 0.2) is 22.6 Å². The van der Waals surface area contributed by atoms with E-state index in [1.807, 2.05) is 0 Å². The molecule has 0 amide bonds. The molecular formula is C68H43N5+2. The van der Waals surface area contributed by atoms with Crippen LogP contribution in [0.5, 0.6) is 0 Å². The Bertz CT molecular complexity index is 4670. The van der Waals surface area contributed by atoms with Crippen LogP contribution in [-0.4, -0.2) is 9.13 Å². The van der Waals surface area contributed by atoms with Crippen LogP contribution in [0.4, 0.5) is 17.2 Å². The van der Waals surface area contributed by atoms with Crippen LogP contribution in [0.25, 0.3) is 111 Å². The highest BCUT2D eigenvalue weighted by Gasteiger charge is 2.71. The minimum Gasteiger partial charge on any atom is -0.308 e. The number of aromatic nitrogens is 4. The van der Waals surface area contributed by atoms with Crippen LogP contribution in [-0.2, 0) is 11.1 Å². The molecule has 0 bridgehead atoms. The third-order valence-electron chi connectivity index (χ3n) is 17.5. The smallest absolute Gasteiger partial charge is 0.308 e. The lowest BCUT2D eigenvalue weighted by Gasteiger charge is -2.46. The van der Waals surface area contributed by atoms with Crippen LogP contribution in [0.2, 0.25) is 0 Å². The van der Waals surface area contributed by atoms with E-state index in [0.29, 0.717) is 0 Å². The molecular weight excluding hydrogens is 887 g/mol. The van der Waals surface area contributed by atoms with Crippen LogP contribution in [0.1, 0.15) is 36.1 Å². The van der Waals surface area contributed by atoms with Gasteiger partial charge in [-0.2, -0.15) is 18.6 Å². The molecule has 9 aromatic carbocycles. The number of para-hydroxylation sites is 3. The molecule has 1 spiro atoms. The average Bonchev–Trinajstić information content (AvgIpc) is 4.10. The fourth-order valence-electron chi connectivity index (χ4n) is 14.4. The molecule has 0 saturated carbocycles. The van der Waals surface area contributed by atoms with Gasteiger partial charge in [-0.25, -0.2) is 0 Å². The van der Waals surface area contributed by atoms with Gasteiger partial charge in [-0.3, -0.25) is 0 Å². The molecule has 1 atom stereocenters. The van der Waals surface area contributed by atoms with Crippen molar-refractivity contribution in [3.8, 4) is 67.4 Å². The zero-order valence-corrected chi connectivity index (χ0v) is 40.1. The van der Waals surface area contributed by atoms with Crippen LogP contribution < -0.4 is 14.0 Å². The average molecular weight is 930 g/mol. The molecule has 73 heavy (non-hydrogen) atoms. The summed E-state index contributed by atoms with van der Waals surface area (Å²) < 4.78 is 10.8. The number of pyridine rings is 2. The number of hydrogen-bond acceptors (Lipinski definition) is 1. The highest BCUT2D eigenvalue weighted by molar-refractivity contribution is 6.18. The lowest BCUT2D eigenvalue weighted by molar-refractivity contribution is -0.931. The van der Waals surface area contributed by atoms with E-state index in [0.717, 1.165) is 11.6 Å². The Morgan fingerprint density at radius 1 is 0.342 bits per heavy atom. The molecule has 5 aliphatic heterocycles. The predicted molar refractivity (Wildman–Crippen MR) is 295 cm³/mol. The maximum atomic E-state index is 2.78. The van der Waals surface area contributed by atoms with E-state index in [-0.39, 0.29) is 5.41 Å². The molecule has 5 nitrogen and oxygen atoms in total. The molecule has 9 heterocycles. The summed E-state index contributed by atoms with van der Waals surface area (Å²) in [6, 6.07) is 84.7. The van der Waals surface area contributed by atoms with Gasteiger partial charge < -0.3 is 4.57 Å². The van der Waals surface area contributed by atoms with Crippen molar-refractivity contribution in [1.29, 1.82) is 0 Å². The number of benzene rings is 9. The summed E-state index contributed by atoms with van der Waals surface area (Å²) in [5, 5.41) is 5.12. The van der Waals surface area contributed by atoms with E-state index >= 15 is 0 Å². The van der Waals surface area contributed by atoms with Crippen LogP contribution in [0.3, 0.4) is 0 Å². The van der Waals surface area contributed by atoms with Crippen LogP contribution >= 0.6 is 0 Å². The van der Waals surface area contributed by atoms with Crippen molar-refractivity contribution in [3.63, 3.8) is 0 Å². The van der Waals surface area contributed by atoms with Gasteiger partial charge in [0.05, 0.1) is 16.7 Å². The Morgan fingerprint density at radius 3 is 1.48 bits per heavy atom. The second kappa shape index (κ2) is 13.0. The van der Waals surface area contributed by atoms with E-state index in [9.17, 15) is 0 Å². The van der Waals surface area contributed by atoms with Crippen LogP contribution in [0.15, 0.2) is 224 Å². The van der Waals surface area contributed by atoms with E-state index < -0.39 is 5.66 Å². The quantitative estimate of drug-likeness (QED) is 0.161. The molecule has 18 rings (SSSR count). The summed E-state index contributed by atoms with van der Waals surface area (Å²) in [7, 11) is 0. The van der Waals surface area contributed by atoms with Gasteiger partial charge in [-0.15, -0.1) is 0 Å². The molecule has 5 heteroatoms. The van der Waals surface area contributed by atoms with Gasteiger partial charge in [0.1, 0.15) is 22.3 Å². The van der Waals surface area contributed by atoms with Crippen molar-refractivity contribution in [2.75, 3.05) is 4.90 Å². The summed E-state index contributed by atoms with van der Waals surface area (Å²) in [5.74, 6) is 2.33. The third-order valence-corrected chi connectivity index (χ3v) is 17.5. The minimum atomic E-state index is -0.799. The summed E-state index contributed by atoms with van der Waals surface area (Å²) >= 11 is 0. The Morgan fingerprint density at radius 2 is 0.836 bits per heavy atom. The van der Waals surface area contributed by atoms with Gasteiger partial charge in [-0.1, -0.05) is 172 Å². The van der Waals surface area contributed by atoms with E-state index in [1.54, 1.807) is 0 Å². The Kier molecular flexibility index (Phi) is 6.82. The number of rotatable bonds is 4. The van der Waals surface area contributed by atoms with E-state index in [1.165, 1.54) is 139 Å². The zero-order chi connectivity index (χ0) is 47.6. The van der Waals surface area contributed by atoms with Crippen molar-refractivity contribution in [2.45, 2.75) is 24.9 Å². The number of nitrogens with zero attached hydrogens (tertiary/aromatic N) is 5. The first-order chi connectivity index (χ1) is 36.0. The summed E-state index contributed by atoms with van der Waals surface area (Å²) in [6.45, 7) is 4.90. The van der Waals surface area contributed by atoms with Crippen molar-refractivity contribution >= 4 is 60.8 Å². The second-order valence-electron chi connectivity index (χ2n) is 21.3. The lowest BCUT2D eigenvalue weighted by Crippen LogP contribution is -2.76. The molecule has 0 radical (unpaired) electrons. The van der Waals surface area contributed by atoms with Gasteiger partial charge in [-0.05, 0) is 99.1 Å². The summed E-state index contributed by atoms with van der Waals surface area (Å²) in [6.07, 6.45) is 0. The Hall–Kier alpha value is -9.32. The predicted octanol–water partition coefficient (Wildman–Crippen LogP) is 15.5. The van der Waals surface area contributed by atoms with Crippen molar-refractivity contribution < 1.29 is 9.13 Å². The van der Waals surface area contributed by atoms with Crippen LogP contribution in [0, 0.1) is 0 Å². The van der Waals surface area contributed by atoms with E-state index in [4.69, 9.17) is 0 Å². The minimum absolute atomic E-state index is 0.316. The first-order valence-corrected chi connectivity index (χ1v) is 25.6. The van der Waals surface area contributed by atoms with Gasteiger partial charge in [0.25, 0.3) is 11.6 Å². The topological polar surface area (TPSA) is 20.9 Å². The fraction of sp³-hybridized carbons (Fsp3) is 0.0588. The molecule has 0 aliphatic carbocycles. The molecule has 338 valence electrons. The maximum Gasteiger partial charge on any atom is 0.319 e. The molecule has 1 unspecified atom stereocenters. The standard InChI is InChI=1S/C68H43N5/c1-67(2)52-21-11-14-24-56(52)71-61-38-47(45-31-27-43(28-32-45)41-17-7-4-8-18-41)36-59-58-35-46(44-29-25-42(26-30-44)40-15-5-3-6-16-40)37-60-70-55-23-13-9-19-48(55)50-33-34-57-62(64(50)70)68(72(58)60,73(59)61)63-65-51(39-53(67)66(63)71)49-20-10-12-22-54(49)69(57)65/h3-39H,1-2H3/q+2. The highest BCUT2D eigenvalue weighted by Crippen LogP contribution is 2.64. The molecule has 0 saturated heterocycles. The monoisotopic (exact) mass is 929 g/mol. The first-order valence-electron chi connectivity index (χ1n) is 25.6. The maximum absolute atomic E-state index is 2.78. The van der Waals surface area contributed by atoms with Crippen molar-refractivity contribution in [3.05, 3.63) is 247 Å². The van der Waals surface area contributed by atoms with Gasteiger partial charge in [0, 0.05) is 50.2 Å². The zero-order valence-electron chi connectivity index (χ0n) is 40.1. The summed E-state index contributed by atoms with van der Waals surface area (Å²) in [5.41, 5.74) is 25.0. The fourth-order valence-corrected chi connectivity index (χ4v) is 14.4. The number of fused-ring (bicyclic) bond motifs is 12. The molecule has 4 aromatic heterocycles. The lowest BCUT2D eigenvalue weighted by atomic mass is 9.69. The number of hydrogen-bond donors (Lipinski definition) is 0. The van der Waals surface area contributed by atoms with Crippen molar-refractivity contribution in [2.24, 2.45) is 0 Å². The number of anilines is 3. The van der Waals surface area contributed by atoms with Crippen molar-refractivity contribution in [1.82, 2.24) is 9.13 Å². The van der Waals surface area contributed by atoms with Gasteiger partial charge >= 0.3 is 5.66 Å². The second-order valence-corrected chi connectivity index (χ2v) is 21.3. The molecule has 13 aromatic rings. The Balaban J connectivity index is 1.05. The third kappa shape index (κ3) is 4.41. The highest BCUT2D eigenvalue weighted by atomic mass is 15.5. The first kappa shape index (κ1) is 38.4. The molecule has 0 N–H and O–H groups in total. The largest absolute Gasteiger partial charge is 0.319 e. The van der Waals surface area contributed by atoms with Gasteiger partial charge in [0.2, 0.25) is 0 Å². The molecule has 5 aliphatic rings. The molecule has 0 fully saturated rings. The normalized spacial score (nSPS) is 16.2. The van der Waals surface area contributed by atoms with E-state index in [2.05, 4.69) is 261 Å². The summed E-state index contributed by atoms with van der Waals surface area (Å²) in [4.78, 5) is 2.66. The SMILES string of the molecule is CC1(C)c2ccccc2N2c3c1cc1c4ccccc4n4c1c3C13c5c-4ccc4c6ccccc6n(c54)-c4cc(-c5ccc(-c6ccccc6)cc5)cc([n+]41)-c1cc(-c4ccc(-c5ccccc5)cc4)cc2[n+]13. The Labute approximate surface area is 421 Å².